The quantitative estimate of drug-likeness (QED) is 0.390. The van der Waals surface area contributed by atoms with E-state index < -0.39 is 0 Å². The first kappa shape index (κ1) is 3.67. The molecule has 0 heterocycles. The van der Waals surface area contributed by atoms with Crippen LogP contribution in [0.3, 0.4) is 0 Å². The lowest BCUT2D eigenvalue weighted by atomic mass is 10.3. The topological polar surface area (TPSA) is 23.9 Å². The highest BCUT2D eigenvalue weighted by Crippen LogP contribution is 2.63. The molecular formula is C5H4ClN. The van der Waals surface area contributed by atoms with Crippen LogP contribution in [0.4, 0.5) is 0 Å². The van der Waals surface area contributed by atoms with Gasteiger partial charge in [0.2, 0.25) is 0 Å². The van der Waals surface area contributed by atoms with Crippen LogP contribution in [0.5, 0.6) is 0 Å². The Morgan fingerprint density at radius 3 is 2.43 bits per heavy atom. The number of halogens is 1. The van der Waals surface area contributed by atoms with Crippen LogP contribution in [0.2, 0.25) is 0 Å². The third-order valence-corrected chi connectivity index (χ3v) is 2.04. The van der Waals surface area contributed by atoms with E-state index >= 15 is 0 Å². The smallest absolute Gasteiger partial charge is 0.0665 e. The second-order valence-electron chi connectivity index (χ2n) is 1.93. The maximum atomic E-state index is 6.73. The average molecular weight is 114 g/mol. The molecule has 36 valence electrons. The molecule has 1 saturated carbocycles. The monoisotopic (exact) mass is 113 g/mol. The molecule has 1 fully saturated rings. The van der Waals surface area contributed by atoms with Gasteiger partial charge in [-0.2, -0.15) is 0 Å². The van der Waals surface area contributed by atoms with Crippen molar-refractivity contribution >= 4 is 17.8 Å². The van der Waals surface area contributed by atoms with Gasteiger partial charge in [-0.05, 0) is 11.1 Å². The van der Waals surface area contributed by atoms with E-state index in [1.807, 2.05) is 0 Å². The second kappa shape index (κ2) is 0.781. The first-order valence-corrected chi connectivity index (χ1v) is 2.68. The first-order chi connectivity index (χ1) is 3.36. The number of hydrogen-bond acceptors (Lipinski definition) is 1. The van der Waals surface area contributed by atoms with Crippen molar-refractivity contribution in [1.29, 1.82) is 5.41 Å². The minimum absolute atomic E-state index is 0.330. The molecule has 0 saturated heterocycles. The van der Waals surface area contributed by atoms with Gasteiger partial charge in [-0.15, -0.1) is 11.6 Å². The molecule has 2 atom stereocenters. The summed E-state index contributed by atoms with van der Waals surface area (Å²) in [6, 6.07) is 0. The minimum atomic E-state index is 0.330. The lowest BCUT2D eigenvalue weighted by molar-refractivity contribution is 1.18. The van der Waals surface area contributed by atoms with Crippen molar-refractivity contribution in [1.82, 2.24) is 0 Å². The Balaban J connectivity index is 2.24. The van der Waals surface area contributed by atoms with Gasteiger partial charge in [0.05, 0.1) is 5.38 Å². The summed E-state index contributed by atoms with van der Waals surface area (Å²) in [5, 5.41) is 7.06. The summed E-state index contributed by atoms with van der Waals surface area (Å²) in [6.07, 6.45) is 1.40. The molecular weight excluding hydrogens is 110 g/mol. The molecule has 2 rings (SSSR count). The molecule has 0 aromatic rings. The summed E-state index contributed by atoms with van der Waals surface area (Å²) >= 11 is 5.60. The Hall–Kier alpha value is -0.300. The maximum Gasteiger partial charge on any atom is 0.0665 e. The fraction of sp³-hybridized carbons (Fsp3) is 0.400. The van der Waals surface area contributed by atoms with E-state index in [0.29, 0.717) is 11.3 Å². The third-order valence-electron chi connectivity index (χ3n) is 1.56. The summed E-state index contributed by atoms with van der Waals surface area (Å²) in [5.74, 6) is 0.555. The van der Waals surface area contributed by atoms with Crippen molar-refractivity contribution in [2.75, 3.05) is 0 Å². The van der Waals surface area contributed by atoms with Crippen LogP contribution in [0.1, 0.15) is 0 Å². The van der Waals surface area contributed by atoms with Crippen molar-refractivity contribution in [3.05, 3.63) is 11.1 Å². The molecule has 2 heteroatoms. The van der Waals surface area contributed by atoms with Crippen LogP contribution >= 0.6 is 11.6 Å². The predicted octanol–water partition coefficient (Wildman–Crippen LogP) is 1.18. The van der Waals surface area contributed by atoms with E-state index in [1.165, 1.54) is 17.4 Å². The lowest BCUT2D eigenvalue weighted by Gasteiger charge is -1.83. The lowest BCUT2D eigenvalue weighted by Crippen LogP contribution is -1.83. The van der Waals surface area contributed by atoms with Crippen molar-refractivity contribution in [2.45, 2.75) is 5.38 Å². The van der Waals surface area contributed by atoms with Crippen molar-refractivity contribution < 1.29 is 0 Å². The van der Waals surface area contributed by atoms with Crippen LogP contribution in [0.25, 0.3) is 0 Å². The highest BCUT2D eigenvalue weighted by atomic mass is 35.5. The van der Waals surface area contributed by atoms with Gasteiger partial charge in [-0.3, -0.25) is 0 Å². The molecule has 7 heavy (non-hydrogen) atoms. The molecule has 1 nitrogen and oxygen atoms in total. The van der Waals surface area contributed by atoms with Gasteiger partial charge >= 0.3 is 0 Å². The molecule has 0 aliphatic heterocycles. The second-order valence-corrected chi connectivity index (χ2v) is 2.40. The van der Waals surface area contributed by atoms with Crippen molar-refractivity contribution in [2.24, 2.45) is 5.92 Å². The van der Waals surface area contributed by atoms with Crippen LogP contribution in [-0.4, -0.2) is 11.6 Å². The van der Waals surface area contributed by atoms with Gasteiger partial charge < -0.3 is 5.41 Å². The number of alkyl halides is 1. The van der Waals surface area contributed by atoms with Gasteiger partial charge in [0, 0.05) is 12.1 Å². The van der Waals surface area contributed by atoms with Crippen LogP contribution in [0.15, 0.2) is 11.1 Å². The third kappa shape index (κ3) is 0.249. The number of allylic oxidation sites excluding steroid dienone is 2. The van der Waals surface area contributed by atoms with Crippen LogP contribution in [-0.2, 0) is 0 Å². The summed E-state index contributed by atoms with van der Waals surface area (Å²) in [5.41, 5.74) is 2.50. The van der Waals surface area contributed by atoms with Gasteiger partial charge in [0.25, 0.3) is 0 Å². The van der Waals surface area contributed by atoms with Gasteiger partial charge in [-0.1, -0.05) is 0 Å². The van der Waals surface area contributed by atoms with Crippen molar-refractivity contribution in [3.8, 4) is 0 Å². The summed E-state index contributed by atoms with van der Waals surface area (Å²) in [7, 11) is 0. The predicted molar refractivity (Wildman–Crippen MR) is 28.9 cm³/mol. The molecule has 0 bridgehead atoms. The SMILES string of the molecule is N=CC1=C2C1[C@H]2Cl. The zero-order chi connectivity index (χ0) is 5.02. The van der Waals surface area contributed by atoms with Gasteiger partial charge in [-0.25, -0.2) is 0 Å². The highest BCUT2D eigenvalue weighted by molar-refractivity contribution is 6.30. The summed E-state index contributed by atoms with van der Waals surface area (Å²) in [4.78, 5) is 0. The number of rotatable bonds is 1. The Morgan fingerprint density at radius 2 is 2.29 bits per heavy atom. The van der Waals surface area contributed by atoms with Crippen LogP contribution in [0, 0.1) is 11.3 Å². The zero-order valence-electron chi connectivity index (χ0n) is 3.61. The Kier molecular flexibility index (Phi) is 0.409. The van der Waals surface area contributed by atoms with E-state index in [4.69, 9.17) is 17.0 Å². The standard InChI is InChI=1S/C5H4ClN/c6-5-3-2(1-7)4(3)5/h1,3,5,7H/t3?,5-/m1/s1. The molecule has 2 aliphatic rings. The zero-order valence-corrected chi connectivity index (χ0v) is 4.37. The maximum absolute atomic E-state index is 6.73. The highest BCUT2D eigenvalue weighted by Gasteiger charge is 2.59. The van der Waals surface area contributed by atoms with Crippen LogP contribution < -0.4 is 0 Å². The molecule has 0 aromatic heterocycles. The Bertz CT molecular complexity index is 171. The Labute approximate surface area is 46.5 Å². The van der Waals surface area contributed by atoms with E-state index in [0.717, 1.165) is 0 Å². The number of hydrogen-bond donors (Lipinski definition) is 1. The average Bonchev–Trinajstić information content (AvgIpc) is 2.47. The van der Waals surface area contributed by atoms with Crippen molar-refractivity contribution in [3.63, 3.8) is 0 Å². The number of nitrogens with one attached hydrogen (secondary N) is 1. The molecule has 0 spiro atoms. The van der Waals surface area contributed by atoms with E-state index in [9.17, 15) is 0 Å². The van der Waals surface area contributed by atoms with E-state index in [2.05, 4.69) is 0 Å². The summed E-state index contributed by atoms with van der Waals surface area (Å²) in [6.45, 7) is 0. The Morgan fingerprint density at radius 1 is 1.71 bits per heavy atom. The molecule has 2 aliphatic carbocycles. The summed E-state index contributed by atoms with van der Waals surface area (Å²) < 4.78 is 0. The normalized spacial score (nSPS) is 43.0. The largest absolute Gasteiger partial charge is 0.308 e. The fourth-order valence-electron chi connectivity index (χ4n) is 0.900. The first-order valence-electron chi connectivity index (χ1n) is 2.24. The van der Waals surface area contributed by atoms with Gasteiger partial charge in [0.1, 0.15) is 0 Å². The molecule has 0 aromatic carbocycles. The molecule has 0 amide bonds. The fourth-order valence-corrected chi connectivity index (χ4v) is 1.36. The molecule has 1 N–H and O–H groups in total. The van der Waals surface area contributed by atoms with E-state index in [-0.39, 0.29) is 0 Å². The minimum Gasteiger partial charge on any atom is -0.308 e. The molecule has 1 unspecified atom stereocenters. The number of fused-ring (bicyclic) bond motifs is 1. The van der Waals surface area contributed by atoms with Gasteiger partial charge in [0.15, 0.2) is 0 Å². The van der Waals surface area contributed by atoms with E-state index in [1.54, 1.807) is 0 Å². The molecule has 0 radical (unpaired) electrons.